The first-order chi connectivity index (χ1) is 6.66. The molecule has 1 aromatic heterocycles. The Labute approximate surface area is 78.7 Å². The molecule has 1 saturated heterocycles. The van der Waals surface area contributed by atoms with Gasteiger partial charge in [-0.1, -0.05) is 0 Å². The highest BCUT2D eigenvalue weighted by molar-refractivity contribution is 5.82. The van der Waals surface area contributed by atoms with E-state index in [1.54, 1.807) is 0 Å². The van der Waals surface area contributed by atoms with E-state index in [-0.39, 0.29) is 17.8 Å². The van der Waals surface area contributed by atoms with E-state index in [2.05, 4.69) is 15.5 Å². The molecule has 14 heavy (non-hydrogen) atoms. The summed E-state index contributed by atoms with van der Waals surface area (Å²) in [5.41, 5.74) is 0. The van der Waals surface area contributed by atoms with Crippen LogP contribution in [0.25, 0.3) is 0 Å². The molecule has 0 aromatic carbocycles. The van der Waals surface area contributed by atoms with E-state index < -0.39 is 12.1 Å². The Kier molecular flexibility index (Phi) is 2.18. The van der Waals surface area contributed by atoms with E-state index >= 15 is 0 Å². The zero-order chi connectivity index (χ0) is 10.1. The zero-order valence-electron chi connectivity index (χ0n) is 7.17. The van der Waals surface area contributed by atoms with Gasteiger partial charge in [-0.15, -0.1) is 0 Å². The quantitative estimate of drug-likeness (QED) is 0.570. The minimum absolute atomic E-state index is 0.207. The number of hydrogen-bond donors (Lipinski definition) is 3. The van der Waals surface area contributed by atoms with E-state index in [1.807, 2.05) is 0 Å². The van der Waals surface area contributed by atoms with Gasteiger partial charge in [-0.25, -0.2) is 4.79 Å². The zero-order valence-corrected chi connectivity index (χ0v) is 7.17. The summed E-state index contributed by atoms with van der Waals surface area (Å²) >= 11 is 0. The maximum atomic E-state index is 10.4. The predicted octanol–water partition coefficient (Wildman–Crippen LogP) is -0.837. The fraction of sp³-hybridized carbons (Fsp3) is 0.571. The summed E-state index contributed by atoms with van der Waals surface area (Å²) in [6, 6.07) is -0.245. The molecular formula is C7H9N3O4. The molecule has 2 heterocycles. The van der Waals surface area contributed by atoms with Gasteiger partial charge >= 0.3 is 5.97 Å². The van der Waals surface area contributed by atoms with E-state index in [0.29, 0.717) is 13.0 Å². The Hall–Kier alpha value is -1.47. The Morgan fingerprint density at radius 3 is 2.93 bits per heavy atom. The second-order valence-corrected chi connectivity index (χ2v) is 3.11. The van der Waals surface area contributed by atoms with Gasteiger partial charge < -0.3 is 20.1 Å². The molecule has 7 nitrogen and oxygen atoms in total. The number of aliphatic hydroxyl groups excluding tert-OH is 1. The predicted molar refractivity (Wildman–Crippen MR) is 42.6 cm³/mol. The SMILES string of the molecule is O=C(O)c1noc([C@@H]2CC(O)CN2)n1. The second-order valence-electron chi connectivity index (χ2n) is 3.11. The monoisotopic (exact) mass is 199 g/mol. The van der Waals surface area contributed by atoms with Gasteiger partial charge in [0.2, 0.25) is 5.89 Å². The summed E-state index contributed by atoms with van der Waals surface area (Å²) < 4.78 is 4.74. The van der Waals surface area contributed by atoms with Crippen LogP contribution in [0.5, 0.6) is 0 Å². The molecule has 0 spiro atoms. The number of β-amino-alcohol motifs (C(OH)–C–C–N with tert-alkyl or cyclic N) is 1. The van der Waals surface area contributed by atoms with Gasteiger partial charge in [0.05, 0.1) is 12.1 Å². The lowest BCUT2D eigenvalue weighted by atomic mass is 10.2. The average molecular weight is 199 g/mol. The summed E-state index contributed by atoms with van der Waals surface area (Å²) in [4.78, 5) is 14.1. The third-order valence-corrected chi connectivity index (χ3v) is 2.04. The van der Waals surface area contributed by atoms with Gasteiger partial charge in [0, 0.05) is 6.54 Å². The molecule has 7 heteroatoms. The van der Waals surface area contributed by atoms with E-state index in [4.69, 9.17) is 9.63 Å². The third kappa shape index (κ3) is 1.59. The minimum Gasteiger partial charge on any atom is -0.475 e. The number of aromatic nitrogens is 2. The van der Waals surface area contributed by atoms with Crippen molar-refractivity contribution in [3.8, 4) is 0 Å². The third-order valence-electron chi connectivity index (χ3n) is 2.04. The molecule has 0 radical (unpaired) electrons. The summed E-state index contributed by atoms with van der Waals surface area (Å²) in [7, 11) is 0. The molecule has 1 aromatic rings. The van der Waals surface area contributed by atoms with Crippen LogP contribution in [0, 0.1) is 0 Å². The van der Waals surface area contributed by atoms with Crippen LogP contribution >= 0.6 is 0 Å². The van der Waals surface area contributed by atoms with Gasteiger partial charge in [-0.2, -0.15) is 4.98 Å². The topological polar surface area (TPSA) is 108 Å². The smallest absolute Gasteiger partial charge is 0.377 e. The van der Waals surface area contributed by atoms with Crippen LogP contribution in [0.1, 0.15) is 29.0 Å². The van der Waals surface area contributed by atoms with Crippen molar-refractivity contribution in [1.82, 2.24) is 15.5 Å². The maximum absolute atomic E-state index is 10.4. The lowest BCUT2D eigenvalue weighted by Crippen LogP contribution is -2.15. The highest BCUT2D eigenvalue weighted by Crippen LogP contribution is 2.21. The van der Waals surface area contributed by atoms with Crippen LogP contribution in [0.15, 0.2) is 4.52 Å². The second kappa shape index (κ2) is 3.35. The molecule has 3 N–H and O–H groups in total. The molecule has 76 valence electrons. The Morgan fingerprint density at radius 1 is 1.64 bits per heavy atom. The van der Waals surface area contributed by atoms with Crippen molar-refractivity contribution < 1.29 is 19.5 Å². The van der Waals surface area contributed by atoms with Crippen molar-refractivity contribution in [2.24, 2.45) is 0 Å². The molecule has 1 aliphatic heterocycles. The summed E-state index contributed by atoms with van der Waals surface area (Å²) in [5.74, 6) is -1.37. The maximum Gasteiger partial charge on any atom is 0.377 e. The number of rotatable bonds is 2. The summed E-state index contributed by atoms with van der Waals surface area (Å²) in [6.07, 6.45) is 0.0153. The standard InChI is InChI=1S/C7H9N3O4/c11-3-1-4(8-2-3)6-9-5(7(12)13)10-14-6/h3-4,8,11H,1-2H2,(H,12,13)/t3?,4-/m0/s1. The molecule has 0 bridgehead atoms. The number of nitrogens with zero attached hydrogens (tertiary/aromatic N) is 2. The van der Waals surface area contributed by atoms with E-state index in [9.17, 15) is 9.90 Å². The fourth-order valence-electron chi connectivity index (χ4n) is 1.37. The Bertz CT molecular complexity index is 350. The summed E-state index contributed by atoms with van der Waals surface area (Å²) in [5, 5.41) is 24.0. The molecule has 2 rings (SSSR count). The van der Waals surface area contributed by atoms with Crippen LogP contribution in [-0.2, 0) is 0 Å². The number of aliphatic hydroxyl groups is 1. The molecule has 0 aliphatic carbocycles. The Morgan fingerprint density at radius 2 is 2.43 bits per heavy atom. The van der Waals surface area contributed by atoms with Crippen molar-refractivity contribution >= 4 is 5.97 Å². The number of aromatic carboxylic acids is 1. The number of carboxylic acid groups (broad SMARTS) is 1. The van der Waals surface area contributed by atoms with Gasteiger partial charge in [-0.3, -0.25) is 0 Å². The first-order valence-corrected chi connectivity index (χ1v) is 4.15. The molecule has 2 atom stereocenters. The number of carbonyl (C=O) groups is 1. The lowest BCUT2D eigenvalue weighted by Gasteiger charge is -2.01. The first kappa shape index (κ1) is 9.10. The molecule has 1 aliphatic rings. The van der Waals surface area contributed by atoms with Crippen molar-refractivity contribution in [2.45, 2.75) is 18.6 Å². The van der Waals surface area contributed by atoms with Crippen molar-refractivity contribution in [1.29, 1.82) is 0 Å². The fourth-order valence-corrected chi connectivity index (χ4v) is 1.37. The average Bonchev–Trinajstić information content (AvgIpc) is 2.70. The van der Waals surface area contributed by atoms with E-state index in [1.165, 1.54) is 0 Å². The normalized spacial score (nSPS) is 26.6. The van der Waals surface area contributed by atoms with Crippen molar-refractivity contribution in [3.63, 3.8) is 0 Å². The van der Waals surface area contributed by atoms with Crippen molar-refractivity contribution in [2.75, 3.05) is 6.54 Å². The first-order valence-electron chi connectivity index (χ1n) is 4.15. The highest BCUT2D eigenvalue weighted by atomic mass is 16.5. The molecule has 1 unspecified atom stereocenters. The van der Waals surface area contributed by atoms with E-state index in [0.717, 1.165) is 0 Å². The van der Waals surface area contributed by atoms with Gasteiger partial charge in [0.15, 0.2) is 0 Å². The van der Waals surface area contributed by atoms with Crippen LogP contribution in [0.4, 0.5) is 0 Å². The van der Waals surface area contributed by atoms with Gasteiger partial charge in [0.1, 0.15) is 0 Å². The lowest BCUT2D eigenvalue weighted by molar-refractivity contribution is 0.0680. The number of nitrogens with one attached hydrogen (secondary N) is 1. The van der Waals surface area contributed by atoms with Crippen LogP contribution in [0.3, 0.4) is 0 Å². The highest BCUT2D eigenvalue weighted by Gasteiger charge is 2.28. The minimum atomic E-state index is -1.22. The van der Waals surface area contributed by atoms with Crippen LogP contribution < -0.4 is 5.32 Å². The van der Waals surface area contributed by atoms with Crippen LogP contribution in [0.2, 0.25) is 0 Å². The molecule has 0 amide bonds. The Balaban J connectivity index is 2.13. The van der Waals surface area contributed by atoms with Crippen LogP contribution in [-0.4, -0.2) is 39.0 Å². The largest absolute Gasteiger partial charge is 0.475 e. The molecular weight excluding hydrogens is 190 g/mol. The number of hydrogen-bond acceptors (Lipinski definition) is 6. The summed E-state index contributed by atoms with van der Waals surface area (Å²) in [6.45, 7) is 0.454. The molecule has 1 fully saturated rings. The number of carboxylic acids is 1. The molecule has 0 saturated carbocycles. The van der Waals surface area contributed by atoms with Gasteiger partial charge in [0.25, 0.3) is 5.82 Å². The van der Waals surface area contributed by atoms with Gasteiger partial charge in [-0.05, 0) is 11.6 Å². The van der Waals surface area contributed by atoms with Crippen molar-refractivity contribution in [3.05, 3.63) is 11.7 Å².